The summed E-state index contributed by atoms with van der Waals surface area (Å²) in [5.41, 5.74) is 0.459. The highest BCUT2D eigenvalue weighted by atomic mass is 19.2. The molecular formula is C15H10F2N2O2. The van der Waals surface area contributed by atoms with Crippen LogP contribution >= 0.6 is 0 Å². The molecule has 2 rings (SSSR count). The third kappa shape index (κ3) is 3.61. The summed E-state index contributed by atoms with van der Waals surface area (Å²) >= 11 is 0. The minimum absolute atomic E-state index is 0.0307. The average molecular weight is 288 g/mol. The van der Waals surface area contributed by atoms with E-state index in [9.17, 15) is 13.6 Å². The van der Waals surface area contributed by atoms with Gasteiger partial charge in [0.15, 0.2) is 11.6 Å². The average Bonchev–Trinajstić information content (AvgIpc) is 2.49. The first-order chi connectivity index (χ1) is 10.1. The van der Waals surface area contributed by atoms with Gasteiger partial charge in [0, 0.05) is 18.0 Å². The molecule has 0 bridgehead atoms. The lowest BCUT2D eigenvalue weighted by Gasteiger charge is -2.06. The monoisotopic (exact) mass is 288 g/mol. The van der Waals surface area contributed by atoms with E-state index in [1.165, 1.54) is 12.3 Å². The summed E-state index contributed by atoms with van der Waals surface area (Å²) in [6, 6.07) is 6.18. The van der Waals surface area contributed by atoms with E-state index in [2.05, 4.69) is 22.1 Å². The highest BCUT2D eigenvalue weighted by molar-refractivity contribution is 6.04. The highest BCUT2D eigenvalue weighted by Crippen LogP contribution is 2.14. The van der Waals surface area contributed by atoms with E-state index in [0.717, 1.165) is 12.1 Å². The number of anilines is 1. The fourth-order valence-corrected chi connectivity index (χ4v) is 1.59. The van der Waals surface area contributed by atoms with Gasteiger partial charge in [-0.3, -0.25) is 4.79 Å². The van der Waals surface area contributed by atoms with Crippen LogP contribution in [-0.2, 0) is 0 Å². The van der Waals surface area contributed by atoms with Crippen LogP contribution in [0, 0.1) is 23.5 Å². The first kappa shape index (κ1) is 14.6. The zero-order valence-corrected chi connectivity index (χ0v) is 10.7. The molecule has 4 nitrogen and oxygen atoms in total. The third-order valence-electron chi connectivity index (χ3n) is 2.50. The fraction of sp³-hybridized carbons (Fsp3) is 0.0667. The number of aliphatic hydroxyl groups is 1. The van der Waals surface area contributed by atoms with Crippen molar-refractivity contribution in [1.82, 2.24) is 4.98 Å². The number of carbonyl (C=O) groups is 1. The van der Waals surface area contributed by atoms with Crippen molar-refractivity contribution in [3.05, 3.63) is 59.4 Å². The summed E-state index contributed by atoms with van der Waals surface area (Å²) in [5, 5.41) is 11.1. The van der Waals surface area contributed by atoms with E-state index >= 15 is 0 Å². The quantitative estimate of drug-likeness (QED) is 0.830. The van der Waals surface area contributed by atoms with Crippen LogP contribution in [0.3, 0.4) is 0 Å². The lowest BCUT2D eigenvalue weighted by atomic mass is 10.2. The van der Waals surface area contributed by atoms with Crippen LogP contribution in [0.15, 0.2) is 36.5 Å². The van der Waals surface area contributed by atoms with Crippen LogP contribution in [0.4, 0.5) is 14.5 Å². The van der Waals surface area contributed by atoms with Gasteiger partial charge in [0.25, 0.3) is 5.91 Å². The molecule has 21 heavy (non-hydrogen) atoms. The Balaban J connectivity index is 2.26. The summed E-state index contributed by atoms with van der Waals surface area (Å²) in [6.07, 6.45) is 1.41. The maximum atomic E-state index is 13.1. The van der Waals surface area contributed by atoms with Gasteiger partial charge in [-0.25, -0.2) is 13.8 Å². The number of hydrogen-bond donors (Lipinski definition) is 2. The molecule has 0 atom stereocenters. The van der Waals surface area contributed by atoms with Gasteiger partial charge in [0.1, 0.15) is 12.3 Å². The Morgan fingerprint density at radius 2 is 2.10 bits per heavy atom. The Kier molecular flexibility index (Phi) is 4.59. The zero-order chi connectivity index (χ0) is 15.2. The van der Waals surface area contributed by atoms with Gasteiger partial charge in [-0.15, -0.1) is 0 Å². The van der Waals surface area contributed by atoms with Crippen molar-refractivity contribution in [2.75, 3.05) is 11.9 Å². The predicted octanol–water partition coefficient (Wildman–Crippen LogP) is 1.96. The van der Waals surface area contributed by atoms with E-state index < -0.39 is 17.5 Å². The van der Waals surface area contributed by atoms with Crippen LogP contribution < -0.4 is 5.32 Å². The molecule has 0 aliphatic heterocycles. The van der Waals surface area contributed by atoms with E-state index in [1.807, 2.05) is 0 Å². The molecular weight excluding hydrogens is 278 g/mol. The summed E-state index contributed by atoms with van der Waals surface area (Å²) < 4.78 is 25.9. The van der Waals surface area contributed by atoms with Crippen molar-refractivity contribution in [3.8, 4) is 11.8 Å². The van der Waals surface area contributed by atoms with Gasteiger partial charge in [-0.05, 0) is 24.3 Å². The smallest absolute Gasteiger partial charge is 0.275 e. The maximum absolute atomic E-state index is 13.1. The second-order valence-electron chi connectivity index (χ2n) is 3.94. The minimum Gasteiger partial charge on any atom is -0.384 e. The first-order valence-corrected chi connectivity index (χ1v) is 5.93. The number of rotatable bonds is 2. The molecule has 0 saturated carbocycles. The number of pyridine rings is 1. The number of aliphatic hydroxyl groups excluding tert-OH is 1. The van der Waals surface area contributed by atoms with Crippen molar-refractivity contribution < 1.29 is 18.7 Å². The molecule has 0 radical (unpaired) electrons. The Labute approximate surface area is 119 Å². The van der Waals surface area contributed by atoms with Crippen LogP contribution in [-0.4, -0.2) is 22.6 Å². The van der Waals surface area contributed by atoms with Gasteiger partial charge in [-0.1, -0.05) is 11.8 Å². The first-order valence-electron chi connectivity index (χ1n) is 5.93. The standard InChI is InChI=1S/C15H10F2N2O2/c16-12-6-5-11(9-13(12)17)19-15(21)14-10(4-2-8-20)3-1-7-18-14/h1,3,5-7,9,20H,8H2,(H,19,21). The van der Waals surface area contributed by atoms with Gasteiger partial charge in [0.05, 0.1) is 5.56 Å². The molecule has 2 N–H and O–H groups in total. The summed E-state index contributed by atoms with van der Waals surface area (Å²) in [7, 11) is 0. The van der Waals surface area contributed by atoms with Crippen LogP contribution in [0.25, 0.3) is 0 Å². The molecule has 1 amide bonds. The molecule has 0 aliphatic rings. The van der Waals surface area contributed by atoms with Crippen LogP contribution in [0.5, 0.6) is 0 Å². The van der Waals surface area contributed by atoms with Crippen molar-refractivity contribution in [2.45, 2.75) is 0 Å². The molecule has 1 aromatic heterocycles. The molecule has 1 heterocycles. The molecule has 0 unspecified atom stereocenters. The SMILES string of the molecule is O=C(Nc1ccc(F)c(F)c1)c1ncccc1C#CCO. The Hall–Kier alpha value is -2.78. The topological polar surface area (TPSA) is 62.2 Å². The highest BCUT2D eigenvalue weighted by Gasteiger charge is 2.12. The van der Waals surface area contributed by atoms with Gasteiger partial charge in [0.2, 0.25) is 0 Å². The Bertz CT molecular complexity index is 736. The van der Waals surface area contributed by atoms with Crippen molar-refractivity contribution >= 4 is 11.6 Å². The predicted molar refractivity (Wildman–Crippen MR) is 72.5 cm³/mol. The van der Waals surface area contributed by atoms with Crippen molar-refractivity contribution in [3.63, 3.8) is 0 Å². The zero-order valence-electron chi connectivity index (χ0n) is 10.7. The lowest BCUT2D eigenvalue weighted by molar-refractivity contribution is 0.102. The lowest BCUT2D eigenvalue weighted by Crippen LogP contribution is -2.15. The molecule has 0 fully saturated rings. The Morgan fingerprint density at radius 3 is 2.81 bits per heavy atom. The molecule has 1 aromatic carbocycles. The van der Waals surface area contributed by atoms with E-state index in [-0.39, 0.29) is 18.0 Å². The van der Waals surface area contributed by atoms with Gasteiger partial charge < -0.3 is 10.4 Å². The molecule has 0 saturated heterocycles. The molecule has 2 aromatic rings. The molecule has 6 heteroatoms. The molecule has 0 aliphatic carbocycles. The van der Waals surface area contributed by atoms with Crippen molar-refractivity contribution in [1.29, 1.82) is 0 Å². The minimum atomic E-state index is -1.06. The Morgan fingerprint density at radius 1 is 1.29 bits per heavy atom. The van der Waals surface area contributed by atoms with E-state index in [0.29, 0.717) is 5.56 Å². The largest absolute Gasteiger partial charge is 0.384 e. The number of nitrogens with zero attached hydrogens (tertiary/aromatic N) is 1. The third-order valence-corrected chi connectivity index (χ3v) is 2.50. The van der Waals surface area contributed by atoms with E-state index in [1.54, 1.807) is 12.1 Å². The number of halogens is 2. The number of carbonyl (C=O) groups excluding carboxylic acids is 1. The number of hydrogen-bond acceptors (Lipinski definition) is 3. The fourth-order valence-electron chi connectivity index (χ4n) is 1.59. The summed E-state index contributed by atoms with van der Waals surface area (Å²) in [6.45, 7) is -0.348. The van der Waals surface area contributed by atoms with Gasteiger partial charge >= 0.3 is 0 Å². The van der Waals surface area contributed by atoms with Crippen LogP contribution in [0.1, 0.15) is 16.1 Å². The number of nitrogens with one attached hydrogen (secondary N) is 1. The van der Waals surface area contributed by atoms with E-state index in [4.69, 9.17) is 5.11 Å². The number of benzene rings is 1. The van der Waals surface area contributed by atoms with Crippen LogP contribution in [0.2, 0.25) is 0 Å². The second-order valence-corrected chi connectivity index (χ2v) is 3.94. The molecule has 0 spiro atoms. The number of amides is 1. The summed E-state index contributed by atoms with van der Waals surface area (Å²) in [5.74, 6) is 2.34. The number of aromatic nitrogens is 1. The van der Waals surface area contributed by atoms with Gasteiger partial charge in [-0.2, -0.15) is 0 Å². The second kappa shape index (κ2) is 6.59. The maximum Gasteiger partial charge on any atom is 0.275 e. The summed E-state index contributed by atoms with van der Waals surface area (Å²) in [4.78, 5) is 16.0. The van der Waals surface area contributed by atoms with Crippen molar-refractivity contribution in [2.24, 2.45) is 0 Å². The normalized spacial score (nSPS) is 9.67. The molecule has 106 valence electrons.